The second-order valence-electron chi connectivity index (χ2n) is 11.2. The molecule has 1 N–H and O–H groups in total. The average molecular weight is 496 g/mol. The molecule has 0 aliphatic rings. The van der Waals surface area contributed by atoms with Gasteiger partial charge in [0.1, 0.15) is 0 Å². The third-order valence-corrected chi connectivity index (χ3v) is 7.93. The Morgan fingerprint density at radius 3 is 2.29 bits per heavy atom. The first-order chi connectivity index (χ1) is 18.3. The van der Waals surface area contributed by atoms with E-state index in [1.165, 1.54) is 48.8 Å². The lowest BCUT2D eigenvalue weighted by molar-refractivity contribution is 0.0527. The van der Waals surface area contributed by atoms with Gasteiger partial charge in [0, 0.05) is 21.7 Å². The molecule has 0 saturated heterocycles. The van der Waals surface area contributed by atoms with Crippen molar-refractivity contribution in [3.05, 3.63) is 96.1 Å². The second kappa shape index (κ2) is 8.06. The third-order valence-electron chi connectivity index (χ3n) is 7.93. The fourth-order valence-electron chi connectivity index (χ4n) is 6.04. The van der Waals surface area contributed by atoms with Crippen LogP contribution in [0.25, 0.3) is 65.3 Å². The number of aromatic nitrogens is 1. The minimum Gasteiger partial charge on any atom is -0.462 e. The van der Waals surface area contributed by atoms with Gasteiger partial charge in [0.25, 0.3) is 0 Å². The van der Waals surface area contributed by atoms with Crippen LogP contribution in [0.15, 0.2) is 84.9 Å². The summed E-state index contributed by atoms with van der Waals surface area (Å²) >= 11 is 0. The molecule has 7 aromatic rings. The molecule has 0 radical (unpaired) electrons. The predicted octanol–water partition coefficient (Wildman–Crippen LogP) is 9.36. The molecule has 1 aromatic heterocycles. The number of rotatable bonds is 3. The molecular formula is C35H29NO2. The highest BCUT2D eigenvalue weighted by Crippen LogP contribution is 2.43. The third kappa shape index (κ3) is 3.24. The first-order valence-electron chi connectivity index (χ1n) is 13.3. The van der Waals surface area contributed by atoms with Gasteiger partial charge >= 0.3 is 5.97 Å². The van der Waals surface area contributed by atoms with Crippen molar-refractivity contribution in [3.63, 3.8) is 0 Å². The van der Waals surface area contributed by atoms with E-state index >= 15 is 0 Å². The topological polar surface area (TPSA) is 42.1 Å². The number of nitrogens with one attached hydrogen (secondary N) is 1. The van der Waals surface area contributed by atoms with E-state index in [4.69, 9.17) is 4.74 Å². The summed E-state index contributed by atoms with van der Waals surface area (Å²) in [6.45, 7) is 8.97. The molecule has 0 fully saturated rings. The highest BCUT2D eigenvalue weighted by molar-refractivity contribution is 6.32. The summed E-state index contributed by atoms with van der Waals surface area (Å²) in [6, 6.07) is 30.1. The van der Waals surface area contributed by atoms with Crippen LogP contribution in [-0.2, 0) is 10.2 Å². The van der Waals surface area contributed by atoms with Crippen LogP contribution in [0.2, 0.25) is 0 Å². The van der Waals surface area contributed by atoms with Crippen molar-refractivity contribution in [1.29, 1.82) is 0 Å². The largest absolute Gasteiger partial charge is 0.462 e. The number of esters is 1. The van der Waals surface area contributed by atoms with Crippen molar-refractivity contribution in [1.82, 2.24) is 4.98 Å². The van der Waals surface area contributed by atoms with Gasteiger partial charge in [-0.2, -0.15) is 0 Å². The summed E-state index contributed by atoms with van der Waals surface area (Å²) in [4.78, 5) is 16.5. The van der Waals surface area contributed by atoms with Gasteiger partial charge in [0.05, 0.1) is 17.7 Å². The number of hydrogen-bond donors (Lipinski definition) is 1. The lowest BCUT2D eigenvalue weighted by Gasteiger charge is -2.19. The molecule has 38 heavy (non-hydrogen) atoms. The average Bonchev–Trinajstić information content (AvgIpc) is 3.29. The molecule has 0 aliphatic heterocycles. The number of fused-ring (bicyclic) bond motifs is 4. The van der Waals surface area contributed by atoms with Gasteiger partial charge in [-0.25, -0.2) is 4.79 Å². The Labute approximate surface area is 221 Å². The van der Waals surface area contributed by atoms with Crippen LogP contribution in [0, 0.1) is 0 Å². The molecule has 1 heterocycles. The van der Waals surface area contributed by atoms with Gasteiger partial charge in [-0.15, -0.1) is 0 Å². The van der Waals surface area contributed by atoms with Crippen molar-refractivity contribution in [2.75, 3.05) is 6.61 Å². The van der Waals surface area contributed by atoms with Crippen LogP contribution in [0.4, 0.5) is 0 Å². The first-order valence-corrected chi connectivity index (χ1v) is 13.3. The Morgan fingerprint density at radius 2 is 1.47 bits per heavy atom. The fourth-order valence-corrected chi connectivity index (χ4v) is 6.04. The molecule has 3 nitrogen and oxygen atoms in total. The van der Waals surface area contributed by atoms with Crippen LogP contribution in [0.1, 0.15) is 43.6 Å². The van der Waals surface area contributed by atoms with Gasteiger partial charge in [-0.1, -0.05) is 81.4 Å². The molecule has 0 atom stereocenters. The van der Waals surface area contributed by atoms with Crippen LogP contribution in [0.5, 0.6) is 0 Å². The fraction of sp³-hybridized carbons (Fsp3) is 0.171. The van der Waals surface area contributed by atoms with E-state index in [1.807, 2.05) is 31.2 Å². The van der Waals surface area contributed by atoms with Crippen molar-refractivity contribution in [3.8, 4) is 11.1 Å². The minimum absolute atomic E-state index is 0.0874. The summed E-state index contributed by atoms with van der Waals surface area (Å²) < 4.78 is 5.38. The molecule has 0 aliphatic carbocycles. The Hall–Kier alpha value is -4.37. The van der Waals surface area contributed by atoms with Crippen molar-refractivity contribution in [2.45, 2.75) is 33.1 Å². The Bertz CT molecular complexity index is 2040. The SMILES string of the molecule is CCOC(=O)c1ccccc1-c1ccc2ccc3c4[nH]c5ccc(C(C)(C)C)cc5c4cc4ccc1c2c43. The van der Waals surface area contributed by atoms with Crippen LogP contribution < -0.4 is 0 Å². The van der Waals surface area contributed by atoms with E-state index < -0.39 is 0 Å². The van der Waals surface area contributed by atoms with E-state index in [0.29, 0.717) is 12.2 Å². The number of hydrogen-bond acceptors (Lipinski definition) is 2. The molecular weight excluding hydrogens is 466 g/mol. The number of benzene rings is 6. The summed E-state index contributed by atoms with van der Waals surface area (Å²) in [5.74, 6) is -0.289. The van der Waals surface area contributed by atoms with Gasteiger partial charge < -0.3 is 9.72 Å². The molecule has 7 rings (SSSR count). The molecule has 186 valence electrons. The zero-order valence-corrected chi connectivity index (χ0v) is 22.1. The minimum atomic E-state index is -0.289. The van der Waals surface area contributed by atoms with Crippen LogP contribution >= 0.6 is 0 Å². The number of carbonyl (C=O) groups is 1. The van der Waals surface area contributed by atoms with E-state index in [2.05, 4.69) is 86.4 Å². The molecule has 0 unspecified atom stereocenters. The zero-order valence-electron chi connectivity index (χ0n) is 22.1. The van der Waals surface area contributed by atoms with Gasteiger partial charge in [-0.05, 0) is 80.2 Å². The smallest absolute Gasteiger partial charge is 0.338 e. The lowest BCUT2D eigenvalue weighted by atomic mass is 9.86. The number of carbonyl (C=O) groups excluding carboxylic acids is 1. The summed E-state index contributed by atoms with van der Waals surface area (Å²) in [5.41, 5.74) is 6.29. The molecule has 3 heteroatoms. The zero-order chi connectivity index (χ0) is 26.2. The number of H-pyrrole nitrogens is 1. The highest BCUT2D eigenvalue weighted by Gasteiger charge is 2.20. The molecule has 0 saturated carbocycles. The quantitative estimate of drug-likeness (QED) is 0.196. The Morgan fingerprint density at radius 1 is 0.737 bits per heavy atom. The van der Waals surface area contributed by atoms with E-state index in [1.54, 1.807) is 0 Å². The number of aromatic amines is 1. The van der Waals surface area contributed by atoms with Crippen LogP contribution in [0.3, 0.4) is 0 Å². The van der Waals surface area contributed by atoms with E-state index in [0.717, 1.165) is 22.0 Å². The first kappa shape index (κ1) is 22.8. The van der Waals surface area contributed by atoms with E-state index in [9.17, 15) is 4.79 Å². The standard InChI is InChI=1S/C35H29NO2/c1-5-38-34(37)26-9-7-6-8-23(26)24-14-10-20-11-16-27-32-21(12-15-25(24)31(20)32)18-29-28-19-22(35(2,3)4)13-17-30(28)36-33(27)29/h6-19,36H,5H2,1-4H3. The molecule has 0 spiro atoms. The summed E-state index contributed by atoms with van der Waals surface area (Å²) in [6.07, 6.45) is 0. The number of ether oxygens (including phenoxy) is 1. The predicted molar refractivity (Wildman–Crippen MR) is 160 cm³/mol. The van der Waals surface area contributed by atoms with Gasteiger partial charge in [0.2, 0.25) is 0 Å². The van der Waals surface area contributed by atoms with Crippen molar-refractivity contribution < 1.29 is 9.53 Å². The molecule has 0 amide bonds. The molecule has 0 bridgehead atoms. The van der Waals surface area contributed by atoms with Crippen molar-refractivity contribution in [2.24, 2.45) is 0 Å². The van der Waals surface area contributed by atoms with Crippen LogP contribution in [-0.4, -0.2) is 17.6 Å². The second-order valence-corrected chi connectivity index (χ2v) is 11.2. The monoisotopic (exact) mass is 495 g/mol. The Kier molecular flexibility index (Phi) is 4.84. The summed E-state index contributed by atoms with van der Waals surface area (Å²) in [5, 5.41) is 9.79. The lowest BCUT2D eigenvalue weighted by Crippen LogP contribution is -2.10. The summed E-state index contributed by atoms with van der Waals surface area (Å²) in [7, 11) is 0. The maximum Gasteiger partial charge on any atom is 0.338 e. The van der Waals surface area contributed by atoms with E-state index in [-0.39, 0.29) is 11.4 Å². The van der Waals surface area contributed by atoms with Gasteiger partial charge in [-0.3, -0.25) is 0 Å². The normalized spacial score (nSPS) is 12.4. The maximum absolute atomic E-state index is 12.8. The maximum atomic E-state index is 12.8. The molecule has 6 aromatic carbocycles. The Balaban J connectivity index is 1.55. The van der Waals surface area contributed by atoms with Gasteiger partial charge in [0.15, 0.2) is 0 Å². The highest BCUT2D eigenvalue weighted by atomic mass is 16.5. The van der Waals surface area contributed by atoms with Crippen molar-refractivity contribution >= 4 is 60.1 Å².